The van der Waals surface area contributed by atoms with Crippen molar-refractivity contribution >= 4 is 23.3 Å². The molecule has 2 aromatic carbocycles. The molecule has 2 heterocycles. The predicted octanol–water partition coefficient (Wildman–Crippen LogP) is 1.78. The number of benzene rings is 2. The van der Waals surface area contributed by atoms with E-state index in [1.54, 1.807) is 36.4 Å². The molecule has 0 aliphatic carbocycles. The number of ether oxygens (including phenoxy) is 1. The van der Waals surface area contributed by atoms with Gasteiger partial charge in [0, 0.05) is 5.69 Å². The van der Waals surface area contributed by atoms with Gasteiger partial charge in [0.2, 0.25) is 5.91 Å². The van der Waals surface area contributed by atoms with E-state index in [1.165, 1.54) is 31.0 Å². The summed E-state index contributed by atoms with van der Waals surface area (Å²) in [5.74, 6) is -2.00. The zero-order valence-electron chi connectivity index (χ0n) is 17.4. The van der Waals surface area contributed by atoms with Crippen molar-refractivity contribution in [1.29, 1.82) is 0 Å². The average molecular weight is 437 g/mol. The Kier molecular flexibility index (Phi) is 5.23. The fourth-order valence-electron chi connectivity index (χ4n) is 3.99. The Hall–Kier alpha value is -4.05. The molecule has 2 amide bonds. The van der Waals surface area contributed by atoms with Crippen molar-refractivity contribution in [1.82, 2.24) is 9.78 Å². The van der Waals surface area contributed by atoms with E-state index in [-0.39, 0.29) is 22.9 Å². The SMILES string of the molecule is COc1cc(C2Nc3c(C(N)=O)cnn3C(C)(O)C2C(=O)Nc2ccccc2)ccc1O. The lowest BCUT2D eigenvalue weighted by atomic mass is 9.82. The quantitative estimate of drug-likeness (QED) is 0.408. The van der Waals surface area contributed by atoms with E-state index in [4.69, 9.17) is 10.5 Å². The smallest absolute Gasteiger partial charge is 0.254 e. The van der Waals surface area contributed by atoms with Crippen molar-refractivity contribution in [2.24, 2.45) is 11.7 Å². The molecular formula is C22H23N5O5. The van der Waals surface area contributed by atoms with E-state index < -0.39 is 29.5 Å². The molecule has 3 aromatic rings. The molecule has 166 valence electrons. The van der Waals surface area contributed by atoms with Gasteiger partial charge in [-0.1, -0.05) is 24.3 Å². The molecule has 10 nitrogen and oxygen atoms in total. The van der Waals surface area contributed by atoms with Gasteiger partial charge in [0.25, 0.3) is 5.91 Å². The van der Waals surface area contributed by atoms with Gasteiger partial charge in [0.1, 0.15) is 17.3 Å². The second-order valence-corrected chi connectivity index (χ2v) is 7.66. The number of methoxy groups -OCH3 is 1. The number of amides is 2. The lowest BCUT2D eigenvalue weighted by molar-refractivity contribution is -0.143. The Morgan fingerprint density at radius 3 is 2.62 bits per heavy atom. The van der Waals surface area contributed by atoms with Crippen LogP contribution in [-0.2, 0) is 10.5 Å². The number of phenols is 1. The van der Waals surface area contributed by atoms with Crippen LogP contribution in [0.15, 0.2) is 54.7 Å². The number of rotatable bonds is 5. The first-order valence-corrected chi connectivity index (χ1v) is 9.84. The van der Waals surface area contributed by atoms with Crippen LogP contribution in [0.25, 0.3) is 0 Å². The number of anilines is 2. The molecule has 1 aliphatic heterocycles. The number of aromatic nitrogens is 2. The number of phenolic OH excluding ortho intramolecular Hbond substituents is 1. The first-order valence-electron chi connectivity index (χ1n) is 9.84. The number of nitrogens with zero attached hydrogens (tertiary/aromatic N) is 2. The fourth-order valence-corrected chi connectivity index (χ4v) is 3.99. The molecule has 0 spiro atoms. The Morgan fingerprint density at radius 1 is 1.25 bits per heavy atom. The van der Waals surface area contributed by atoms with E-state index in [0.717, 1.165) is 0 Å². The number of aromatic hydroxyl groups is 1. The Bertz CT molecular complexity index is 1170. The maximum Gasteiger partial charge on any atom is 0.254 e. The van der Waals surface area contributed by atoms with Crippen LogP contribution in [0, 0.1) is 5.92 Å². The van der Waals surface area contributed by atoms with Gasteiger partial charge in [0.05, 0.1) is 19.3 Å². The van der Waals surface area contributed by atoms with Gasteiger partial charge in [-0.25, -0.2) is 4.68 Å². The summed E-state index contributed by atoms with van der Waals surface area (Å²) in [7, 11) is 1.41. The molecule has 0 bridgehead atoms. The largest absolute Gasteiger partial charge is 0.504 e. The van der Waals surface area contributed by atoms with E-state index in [2.05, 4.69) is 15.7 Å². The number of hydrogen-bond acceptors (Lipinski definition) is 7. The van der Waals surface area contributed by atoms with Crippen LogP contribution >= 0.6 is 0 Å². The monoisotopic (exact) mass is 437 g/mol. The van der Waals surface area contributed by atoms with Gasteiger partial charge >= 0.3 is 0 Å². The number of hydrogen-bond donors (Lipinski definition) is 5. The number of aliphatic hydroxyl groups is 1. The average Bonchev–Trinajstić information content (AvgIpc) is 3.19. The standard InChI is InChI=1S/C22H23N5O5/c1-22(31)17(21(30)25-13-6-4-3-5-7-13)18(12-8-9-15(28)16(10-12)32-2)26-20-14(19(23)29)11-24-27(20)22/h3-11,17-18,26,28,31H,1-2H3,(H2,23,29)(H,25,30). The van der Waals surface area contributed by atoms with Crippen LogP contribution in [0.1, 0.15) is 28.9 Å². The summed E-state index contributed by atoms with van der Waals surface area (Å²) in [6, 6.07) is 12.6. The molecule has 3 unspecified atom stereocenters. The third-order valence-corrected chi connectivity index (χ3v) is 5.56. The lowest BCUT2D eigenvalue weighted by Gasteiger charge is -2.43. The van der Waals surface area contributed by atoms with Crippen molar-refractivity contribution in [3.63, 3.8) is 0 Å². The molecule has 32 heavy (non-hydrogen) atoms. The number of fused-ring (bicyclic) bond motifs is 1. The van der Waals surface area contributed by atoms with Gasteiger partial charge in [-0.15, -0.1) is 0 Å². The predicted molar refractivity (Wildman–Crippen MR) is 116 cm³/mol. The highest BCUT2D eigenvalue weighted by molar-refractivity contribution is 5.99. The summed E-state index contributed by atoms with van der Waals surface area (Å²) in [6.07, 6.45) is 1.24. The zero-order valence-corrected chi connectivity index (χ0v) is 17.4. The molecule has 3 atom stereocenters. The fraction of sp³-hybridized carbons (Fsp3) is 0.227. The molecule has 6 N–H and O–H groups in total. The summed E-state index contributed by atoms with van der Waals surface area (Å²) in [6.45, 7) is 1.44. The molecule has 0 radical (unpaired) electrons. The van der Waals surface area contributed by atoms with Crippen molar-refractivity contribution in [3.05, 3.63) is 65.9 Å². The van der Waals surface area contributed by atoms with Crippen molar-refractivity contribution in [3.8, 4) is 11.5 Å². The van der Waals surface area contributed by atoms with Gasteiger partial charge in [-0.2, -0.15) is 5.10 Å². The van der Waals surface area contributed by atoms with E-state index >= 15 is 0 Å². The summed E-state index contributed by atoms with van der Waals surface area (Å²) >= 11 is 0. The summed E-state index contributed by atoms with van der Waals surface area (Å²) in [5, 5.41) is 31.6. The second kappa shape index (κ2) is 7.89. The maximum absolute atomic E-state index is 13.4. The van der Waals surface area contributed by atoms with Crippen LogP contribution in [0.2, 0.25) is 0 Å². The number of primary amides is 1. The van der Waals surface area contributed by atoms with Crippen LogP contribution in [0.3, 0.4) is 0 Å². The number of nitrogens with one attached hydrogen (secondary N) is 2. The molecule has 0 fully saturated rings. The number of nitrogens with two attached hydrogens (primary N) is 1. The molecular weight excluding hydrogens is 414 g/mol. The van der Waals surface area contributed by atoms with E-state index in [9.17, 15) is 19.8 Å². The van der Waals surface area contributed by atoms with Gasteiger partial charge < -0.3 is 31.3 Å². The summed E-state index contributed by atoms with van der Waals surface area (Å²) in [4.78, 5) is 25.3. The highest BCUT2D eigenvalue weighted by Crippen LogP contribution is 2.45. The zero-order chi connectivity index (χ0) is 23.0. The van der Waals surface area contributed by atoms with Gasteiger partial charge in [-0.05, 0) is 36.8 Å². The molecule has 1 aromatic heterocycles. The van der Waals surface area contributed by atoms with Gasteiger partial charge in [-0.3, -0.25) is 9.59 Å². The van der Waals surface area contributed by atoms with Crippen molar-refractivity contribution < 1.29 is 24.5 Å². The number of carbonyl (C=O) groups excluding carboxylic acids is 2. The molecule has 4 rings (SSSR count). The summed E-state index contributed by atoms with van der Waals surface area (Å²) in [5.41, 5.74) is 4.81. The minimum absolute atomic E-state index is 0.0722. The number of carbonyl (C=O) groups is 2. The highest BCUT2D eigenvalue weighted by atomic mass is 16.5. The van der Waals surface area contributed by atoms with E-state index in [1.807, 2.05) is 6.07 Å². The Balaban J connectivity index is 1.84. The van der Waals surface area contributed by atoms with Crippen LogP contribution in [-0.4, -0.2) is 38.9 Å². The van der Waals surface area contributed by atoms with Crippen molar-refractivity contribution in [2.75, 3.05) is 17.7 Å². The third kappa shape index (κ3) is 3.50. The molecule has 10 heteroatoms. The molecule has 0 saturated carbocycles. The first-order chi connectivity index (χ1) is 15.2. The molecule has 1 aliphatic rings. The minimum atomic E-state index is -1.83. The van der Waals surface area contributed by atoms with Crippen molar-refractivity contribution in [2.45, 2.75) is 18.7 Å². The van der Waals surface area contributed by atoms with Gasteiger partial charge in [0.15, 0.2) is 17.2 Å². The molecule has 0 saturated heterocycles. The highest BCUT2D eigenvalue weighted by Gasteiger charge is 2.51. The maximum atomic E-state index is 13.4. The Morgan fingerprint density at radius 2 is 1.97 bits per heavy atom. The number of para-hydroxylation sites is 1. The topological polar surface area (TPSA) is 152 Å². The Labute approximate surface area is 183 Å². The minimum Gasteiger partial charge on any atom is -0.504 e. The van der Waals surface area contributed by atoms with Crippen LogP contribution < -0.4 is 21.1 Å². The first kappa shape index (κ1) is 21.2. The normalized spacial score (nSPS) is 21.8. The van der Waals surface area contributed by atoms with Crippen LogP contribution in [0.5, 0.6) is 11.5 Å². The van der Waals surface area contributed by atoms with E-state index in [0.29, 0.717) is 11.3 Å². The second-order valence-electron chi connectivity index (χ2n) is 7.66. The lowest BCUT2D eigenvalue weighted by Crippen LogP contribution is -2.53. The summed E-state index contributed by atoms with van der Waals surface area (Å²) < 4.78 is 6.38. The van der Waals surface area contributed by atoms with Crippen LogP contribution in [0.4, 0.5) is 11.5 Å². The third-order valence-electron chi connectivity index (χ3n) is 5.56.